The van der Waals surface area contributed by atoms with Crippen molar-refractivity contribution in [3.63, 3.8) is 0 Å². The first kappa shape index (κ1) is 27.5. The van der Waals surface area contributed by atoms with Crippen LogP contribution in [0.2, 0.25) is 0 Å². The van der Waals surface area contributed by atoms with Crippen LogP contribution in [-0.2, 0) is 22.8 Å². The maximum absolute atomic E-state index is 10.5. The van der Waals surface area contributed by atoms with Gasteiger partial charge in [-0.25, -0.2) is 4.79 Å². The normalized spacial score (nSPS) is 8.92. The molecule has 0 atom stereocenters. The van der Waals surface area contributed by atoms with Crippen molar-refractivity contribution in [2.75, 3.05) is 33.0 Å². The van der Waals surface area contributed by atoms with Gasteiger partial charge in [0.05, 0.1) is 19.1 Å². The van der Waals surface area contributed by atoms with Gasteiger partial charge in [-0.2, -0.15) is 0 Å². The third kappa shape index (κ3) is 28.8. The van der Waals surface area contributed by atoms with Gasteiger partial charge in [-0.1, -0.05) is 20.1 Å². The fourth-order valence-electron chi connectivity index (χ4n) is 1.03. The van der Waals surface area contributed by atoms with Gasteiger partial charge in [0.2, 0.25) is 0 Å². The largest absolute Gasteiger partial charge is 0.484 e. The average molecular weight is 366 g/mol. The molecule has 8 heteroatoms. The van der Waals surface area contributed by atoms with Gasteiger partial charge >= 0.3 is 15.6 Å². The summed E-state index contributed by atoms with van der Waals surface area (Å²) in [6.07, 6.45) is 3.25. The Bertz CT molecular complexity index is 259. The third-order valence-electron chi connectivity index (χ3n) is 1.90. The van der Waals surface area contributed by atoms with E-state index in [0.29, 0.717) is 33.0 Å². The summed E-state index contributed by atoms with van der Waals surface area (Å²) in [5.74, 6) is 0. The quantitative estimate of drug-likeness (QED) is 0.447. The van der Waals surface area contributed by atoms with E-state index < -0.39 is 9.53 Å². The second-order valence-corrected chi connectivity index (χ2v) is 5.35. The Hall–Kier alpha value is -1.35. The van der Waals surface area contributed by atoms with Crippen LogP contribution in [0.5, 0.6) is 0 Å². The highest BCUT2D eigenvalue weighted by atomic mass is 28.3. The Balaban J connectivity index is -0.000000291. The molecule has 0 aromatic rings. The average Bonchev–Trinajstić information content (AvgIpc) is 2.56. The first-order chi connectivity index (χ1) is 11.6. The van der Waals surface area contributed by atoms with Crippen LogP contribution >= 0.6 is 0 Å². The van der Waals surface area contributed by atoms with Gasteiger partial charge in [0.25, 0.3) is 0 Å². The highest BCUT2D eigenvalue weighted by molar-refractivity contribution is 6.36. The van der Waals surface area contributed by atoms with Crippen molar-refractivity contribution in [1.29, 1.82) is 0 Å². The molecule has 0 aliphatic carbocycles. The number of hydrogen-bond donors (Lipinski definition) is 1. The Morgan fingerprint density at radius 3 is 1.62 bits per heavy atom. The van der Waals surface area contributed by atoms with Gasteiger partial charge < -0.3 is 28.1 Å². The van der Waals surface area contributed by atoms with E-state index in [-0.39, 0.29) is 6.09 Å². The topological polar surface area (TPSA) is 75.3 Å². The predicted molar refractivity (Wildman–Crippen MR) is 98.8 cm³/mol. The summed E-state index contributed by atoms with van der Waals surface area (Å²) in [6.45, 7) is 19.3. The number of carbonyl (C=O) groups excluding carboxylic acids is 1. The molecular weight excluding hydrogens is 330 g/mol. The summed E-state index contributed by atoms with van der Waals surface area (Å²) in [6, 6.07) is 0. The first-order valence-corrected chi connectivity index (χ1v) is 9.61. The van der Waals surface area contributed by atoms with E-state index in [1.165, 1.54) is 12.5 Å². The van der Waals surface area contributed by atoms with E-state index in [4.69, 9.17) is 13.3 Å². The predicted octanol–water partition coefficient (Wildman–Crippen LogP) is 3.25. The molecule has 1 N–H and O–H groups in total. The van der Waals surface area contributed by atoms with Gasteiger partial charge in [-0.15, -0.1) is 0 Å². The van der Waals surface area contributed by atoms with Gasteiger partial charge in [0, 0.05) is 26.4 Å². The fourth-order valence-corrected chi connectivity index (χ4v) is 2.13. The van der Waals surface area contributed by atoms with Crippen LogP contribution in [0.4, 0.5) is 4.79 Å². The zero-order valence-corrected chi connectivity index (χ0v) is 17.0. The molecule has 0 aliphatic heterocycles. The molecule has 24 heavy (non-hydrogen) atoms. The maximum Gasteiger partial charge on any atom is 0.484 e. The number of alkyl carbamates (subject to hydrolysis) is 1. The SMILES string of the molecule is C=COC=C.CCCNC(=O)OCC.CCO[SiH](OCC)OCC. The minimum atomic E-state index is -1.73. The minimum Gasteiger partial charge on any atom is -0.474 e. The van der Waals surface area contributed by atoms with E-state index in [0.717, 1.165) is 6.42 Å². The minimum absolute atomic E-state index is 0.320. The Morgan fingerprint density at radius 1 is 0.917 bits per heavy atom. The van der Waals surface area contributed by atoms with Crippen LogP contribution in [0.15, 0.2) is 25.7 Å². The zero-order valence-electron chi connectivity index (χ0n) is 15.8. The van der Waals surface area contributed by atoms with Crippen molar-refractivity contribution >= 4 is 15.6 Å². The lowest BCUT2D eigenvalue weighted by molar-refractivity contribution is 0.107. The number of hydrogen-bond acceptors (Lipinski definition) is 6. The van der Waals surface area contributed by atoms with Gasteiger partial charge in [-0.05, 0) is 34.1 Å². The number of ether oxygens (including phenoxy) is 2. The number of amides is 1. The molecule has 0 spiro atoms. The monoisotopic (exact) mass is 365 g/mol. The maximum atomic E-state index is 10.5. The van der Waals surface area contributed by atoms with Crippen LogP contribution < -0.4 is 5.32 Å². The van der Waals surface area contributed by atoms with Crippen LogP contribution in [0, 0.1) is 0 Å². The number of rotatable bonds is 11. The van der Waals surface area contributed by atoms with Crippen molar-refractivity contribution in [3.05, 3.63) is 25.7 Å². The van der Waals surface area contributed by atoms with Crippen LogP contribution in [0.3, 0.4) is 0 Å². The smallest absolute Gasteiger partial charge is 0.474 e. The molecule has 0 rings (SSSR count). The highest BCUT2D eigenvalue weighted by Gasteiger charge is 2.11. The van der Waals surface area contributed by atoms with Crippen LogP contribution in [-0.4, -0.2) is 48.6 Å². The molecule has 0 aromatic heterocycles. The lowest BCUT2D eigenvalue weighted by atomic mass is 10.5. The molecule has 0 bridgehead atoms. The zero-order chi connectivity index (χ0) is 19.1. The van der Waals surface area contributed by atoms with Gasteiger partial charge in [0.15, 0.2) is 0 Å². The molecule has 0 fully saturated rings. The second kappa shape index (κ2) is 26.5. The van der Waals surface area contributed by atoms with Crippen molar-refractivity contribution in [2.45, 2.75) is 41.0 Å². The van der Waals surface area contributed by atoms with Crippen LogP contribution in [0.25, 0.3) is 0 Å². The van der Waals surface area contributed by atoms with Gasteiger partial charge in [-0.3, -0.25) is 0 Å². The van der Waals surface area contributed by atoms with Crippen molar-refractivity contribution in [2.24, 2.45) is 0 Å². The van der Waals surface area contributed by atoms with E-state index in [2.05, 4.69) is 27.9 Å². The molecule has 0 saturated heterocycles. The molecule has 7 nitrogen and oxygen atoms in total. The molecule has 144 valence electrons. The van der Waals surface area contributed by atoms with E-state index in [1.807, 2.05) is 27.7 Å². The molecule has 1 amide bonds. The van der Waals surface area contributed by atoms with E-state index in [1.54, 1.807) is 6.92 Å². The molecule has 0 saturated carbocycles. The Kier molecular flexibility index (Phi) is 30.4. The third-order valence-corrected chi connectivity index (χ3v) is 3.71. The first-order valence-electron chi connectivity index (χ1n) is 8.20. The highest BCUT2D eigenvalue weighted by Crippen LogP contribution is 1.91. The molecule has 0 aromatic carbocycles. The number of nitrogens with one attached hydrogen (secondary N) is 1. The van der Waals surface area contributed by atoms with Crippen molar-refractivity contribution in [1.82, 2.24) is 5.32 Å². The second-order valence-electron chi connectivity index (χ2n) is 3.77. The number of carbonyl (C=O) groups is 1. The van der Waals surface area contributed by atoms with Crippen LogP contribution in [0.1, 0.15) is 41.0 Å². The van der Waals surface area contributed by atoms with E-state index in [9.17, 15) is 4.79 Å². The van der Waals surface area contributed by atoms with Crippen molar-refractivity contribution in [3.8, 4) is 0 Å². The summed E-state index contributed by atoms with van der Waals surface area (Å²) < 4.78 is 24.6. The molecule has 0 aliphatic rings. The summed E-state index contributed by atoms with van der Waals surface area (Å²) >= 11 is 0. The molecular formula is C16H35NO6Si. The lowest BCUT2D eigenvalue weighted by Crippen LogP contribution is -2.27. The molecule has 0 radical (unpaired) electrons. The lowest BCUT2D eigenvalue weighted by Gasteiger charge is -2.12. The summed E-state index contributed by atoms with van der Waals surface area (Å²) in [5.41, 5.74) is 0. The standard InChI is InChI=1S/C6H13NO2.C6H16O3Si.C4H6O/c1-3-5-7-6(8)9-4-2;1-4-7-10(8-5-2)9-6-3;1-3-5-4-2/h3-5H2,1-2H3,(H,7,8);10H,4-6H2,1-3H3;3-4H,1-2H2. The molecule has 0 unspecified atom stereocenters. The molecule has 0 heterocycles. The van der Waals surface area contributed by atoms with E-state index >= 15 is 0 Å². The van der Waals surface area contributed by atoms with Crippen molar-refractivity contribution < 1.29 is 27.5 Å². The van der Waals surface area contributed by atoms with Gasteiger partial charge in [0.1, 0.15) is 0 Å². The Morgan fingerprint density at radius 2 is 1.38 bits per heavy atom. The summed E-state index contributed by atoms with van der Waals surface area (Å²) in [7, 11) is -1.73. The summed E-state index contributed by atoms with van der Waals surface area (Å²) in [5, 5.41) is 2.57. The Labute approximate surface area is 148 Å². The summed E-state index contributed by atoms with van der Waals surface area (Å²) in [4.78, 5) is 10.5. The fraction of sp³-hybridized carbons (Fsp3) is 0.688.